The van der Waals surface area contributed by atoms with E-state index in [1.54, 1.807) is 12.4 Å². The van der Waals surface area contributed by atoms with Crippen LogP contribution in [-0.2, 0) is 0 Å². The molecule has 0 bridgehead atoms. The van der Waals surface area contributed by atoms with Gasteiger partial charge in [0, 0.05) is 6.20 Å². The Morgan fingerprint density at radius 3 is 2.95 bits per heavy atom. The van der Waals surface area contributed by atoms with Gasteiger partial charge < -0.3 is 10.8 Å². The van der Waals surface area contributed by atoms with E-state index in [1.165, 1.54) is 0 Å². The molecule has 1 aliphatic rings. The molecule has 1 heterocycles. The van der Waals surface area contributed by atoms with Crippen LogP contribution in [0, 0.1) is 11.4 Å². The number of nitrogen functional groups attached to an aromatic ring is 1. The quantitative estimate of drug-likeness (QED) is 0.448. The van der Waals surface area contributed by atoms with E-state index in [4.69, 9.17) is 11.3 Å². The van der Waals surface area contributed by atoms with Crippen molar-refractivity contribution in [2.75, 3.05) is 5.73 Å². The first-order chi connectivity index (χ1) is 10.0. The summed E-state index contributed by atoms with van der Waals surface area (Å²) < 4.78 is 0. The maximum absolute atomic E-state index is 11.3. The first-order valence-electron chi connectivity index (χ1n) is 6.81. The van der Waals surface area contributed by atoms with Crippen LogP contribution in [0.25, 0.3) is 0 Å². The zero-order valence-electron chi connectivity index (χ0n) is 11.8. The number of amides is 1. The summed E-state index contributed by atoms with van der Waals surface area (Å²) in [5, 5.41) is 13.5. The van der Waals surface area contributed by atoms with Gasteiger partial charge in [0.15, 0.2) is 0 Å². The fourth-order valence-electron chi connectivity index (χ4n) is 3.13. The van der Waals surface area contributed by atoms with Crippen molar-refractivity contribution in [3.8, 4) is 0 Å². The minimum absolute atomic E-state index is 0.157. The molecule has 21 heavy (non-hydrogen) atoms. The van der Waals surface area contributed by atoms with Crippen LogP contribution >= 0.6 is 0 Å². The summed E-state index contributed by atoms with van der Waals surface area (Å²) in [4.78, 5) is 18.1. The van der Waals surface area contributed by atoms with Crippen LogP contribution in [0.4, 0.5) is 10.5 Å². The molecule has 0 aliphatic heterocycles. The second-order valence-electron chi connectivity index (χ2n) is 5.48. The molecule has 3 unspecified atom stereocenters. The Kier molecular flexibility index (Phi) is 4.49. The molecule has 1 aromatic rings. The lowest BCUT2D eigenvalue weighted by Crippen LogP contribution is -2.40. The number of carboxylic acid groups (broad SMARTS) is 1. The highest BCUT2D eigenvalue weighted by molar-refractivity contribution is 5.64. The summed E-state index contributed by atoms with van der Waals surface area (Å²) in [6.45, 7) is 2.08. The van der Waals surface area contributed by atoms with Crippen molar-refractivity contribution in [1.82, 2.24) is 14.9 Å². The molecule has 8 nitrogen and oxygen atoms in total. The van der Waals surface area contributed by atoms with Crippen molar-refractivity contribution in [2.24, 2.45) is 11.1 Å². The molecule has 1 amide bonds. The maximum atomic E-state index is 11.3. The highest BCUT2D eigenvalue weighted by Crippen LogP contribution is 2.39. The maximum Gasteiger partial charge on any atom is 0.526 e. The minimum Gasteiger partial charge on any atom is -0.445 e. The van der Waals surface area contributed by atoms with Crippen molar-refractivity contribution >= 4 is 11.8 Å². The van der Waals surface area contributed by atoms with Crippen LogP contribution in [-0.4, -0.2) is 27.2 Å². The zero-order valence-corrected chi connectivity index (χ0v) is 11.8. The van der Waals surface area contributed by atoms with Gasteiger partial charge in [0.05, 0.1) is 16.8 Å². The second kappa shape index (κ2) is 6.32. The molecular formula is C13H19N6O2+. The number of hydrogen-bond acceptors (Lipinski definition) is 5. The van der Waals surface area contributed by atoms with Gasteiger partial charge >= 0.3 is 6.09 Å². The predicted molar refractivity (Wildman–Crippen MR) is 75.3 cm³/mol. The molecule has 4 N–H and O–H groups in total. The average molecular weight is 291 g/mol. The Morgan fingerprint density at radius 1 is 1.57 bits per heavy atom. The number of hydrogen-bond donors (Lipinski definition) is 3. The summed E-state index contributed by atoms with van der Waals surface area (Å²) in [6.07, 6.45) is 4.37. The van der Waals surface area contributed by atoms with Gasteiger partial charge in [-0.2, -0.15) is 4.79 Å². The number of nitrogens with zero attached hydrogens (tertiary/aromatic N) is 4. The number of nitrogens with two attached hydrogens (primary N) is 1. The Hall–Kier alpha value is -2.47. The van der Waals surface area contributed by atoms with Crippen LogP contribution in [0.2, 0.25) is 0 Å². The summed E-state index contributed by atoms with van der Waals surface area (Å²) >= 11 is 0. The van der Waals surface area contributed by atoms with Gasteiger partial charge in [-0.1, -0.05) is 6.92 Å². The van der Waals surface area contributed by atoms with Crippen molar-refractivity contribution in [2.45, 2.75) is 38.1 Å². The van der Waals surface area contributed by atoms with Gasteiger partial charge in [-0.3, -0.25) is 4.98 Å². The number of anilines is 1. The van der Waals surface area contributed by atoms with Crippen molar-refractivity contribution < 1.29 is 9.90 Å². The van der Waals surface area contributed by atoms with Crippen LogP contribution in [0.5, 0.6) is 0 Å². The van der Waals surface area contributed by atoms with Crippen molar-refractivity contribution in [3.63, 3.8) is 0 Å². The van der Waals surface area contributed by atoms with Gasteiger partial charge in [-0.05, 0) is 53.3 Å². The molecule has 0 saturated heterocycles. The smallest absolute Gasteiger partial charge is 0.445 e. The summed E-state index contributed by atoms with van der Waals surface area (Å²) in [7, 11) is 0. The molecule has 112 valence electrons. The Morgan fingerprint density at radius 2 is 2.33 bits per heavy atom. The molecule has 3 atom stereocenters. The molecule has 0 spiro atoms. The third-order valence-electron chi connectivity index (χ3n) is 3.93. The Balaban J connectivity index is 2.25. The third-order valence-corrected chi connectivity index (χ3v) is 3.93. The van der Waals surface area contributed by atoms with Gasteiger partial charge in [0.1, 0.15) is 6.04 Å². The van der Waals surface area contributed by atoms with Crippen LogP contribution < -0.4 is 10.6 Å². The van der Waals surface area contributed by atoms with E-state index in [0.29, 0.717) is 24.4 Å². The lowest BCUT2D eigenvalue weighted by Gasteiger charge is -2.32. The standard InChI is InChI=1S/C13H18N6O2/c1-8-4-9(11-2-3-16-7-12(11)14)6-10(5-8)19(13(20)21)18-17-15/h2-3,7-10,15H,4-6,14H2,1H3/p+1. The van der Waals surface area contributed by atoms with Gasteiger partial charge in [-0.15, -0.1) is 0 Å². The largest absolute Gasteiger partial charge is 0.526 e. The normalized spacial score (nSPS) is 24.9. The predicted octanol–water partition coefficient (Wildman–Crippen LogP) is 2.38. The SMILES string of the molecule is CC1CC(c2ccncc2N)CC(N(N=[N+]=N)C(=O)O)C1. The lowest BCUT2D eigenvalue weighted by atomic mass is 9.76. The van der Waals surface area contributed by atoms with Crippen molar-refractivity contribution in [3.05, 3.63) is 24.0 Å². The number of nitrogens with one attached hydrogen (secondary N) is 1. The molecule has 0 radical (unpaired) electrons. The molecule has 2 rings (SSSR count). The summed E-state index contributed by atoms with van der Waals surface area (Å²) in [5.41, 5.74) is 14.4. The van der Waals surface area contributed by atoms with Crippen LogP contribution in [0.1, 0.15) is 37.7 Å². The van der Waals surface area contributed by atoms with E-state index in [-0.39, 0.29) is 12.0 Å². The van der Waals surface area contributed by atoms with E-state index in [2.05, 4.69) is 22.0 Å². The molecular weight excluding hydrogens is 272 g/mol. The van der Waals surface area contributed by atoms with Crippen molar-refractivity contribution in [1.29, 1.82) is 5.53 Å². The molecule has 0 aromatic carbocycles. The van der Waals surface area contributed by atoms with Crippen LogP contribution in [0.15, 0.2) is 23.7 Å². The fraction of sp³-hybridized carbons (Fsp3) is 0.538. The molecule has 1 fully saturated rings. The van der Waals surface area contributed by atoms with Gasteiger partial charge in [0.25, 0.3) is 0 Å². The first-order valence-corrected chi connectivity index (χ1v) is 6.81. The zero-order chi connectivity index (χ0) is 15.4. The third kappa shape index (κ3) is 3.35. The monoisotopic (exact) mass is 291 g/mol. The fourth-order valence-corrected chi connectivity index (χ4v) is 3.13. The Labute approximate surface area is 122 Å². The van der Waals surface area contributed by atoms with E-state index < -0.39 is 6.09 Å². The number of pyridine rings is 1. The second-order valence-corrected chi connectivity index (χ2v) is 5.48. The summed E-state index contributed by atoms with van der Waals surface area (Å²) in [6, 6.07) is 1.59. The van der Waals surface area contributed by atoms with Crippen LogP contribution in [0.3, 0.4) is 0 Å². The van der Waals surface area contributed by atoms with E-state index >= 15 is 0 Å². The topological polar surface area (TPSA) is 130 Å². The molecule has 8 heteroatoms. The minimum atomic E-state index is -1.19. The molecule has 1 aromatic heterocycles. The van der Waals surface area contributed by atoms with Gasteiger partial charge in [-0.25, -0.2) is 0 Å². The molecule has 1 saturated carbocycles. The van der Waals surface area contributed by atoms with E-state index in [1.807, 2.05) is 6.07 Å². The average Bonchev–Trinajstić information content (AvgIpc) is 2.44. The Bertz CT molecular complexity index is 570. The summed E-state index contributed by atoms with van der Waals surface area (Å²) in [5.74, 6) is 0.494. The first kappa shape index (κ1) is 14.9. The van der Waals surface area contributed by atoms with E-state index in [9.17, 15) is 9.90 Å². The van der Waals surface area contributed by atoms with E-state index in [0.717, 1.165) is 17.0 Å². The highest BCUT2D eigenvalue weighted by atomic mass is 16.4. The highest BCUT2D eigenvalue weighted by Gasteiger charge is 2.39. The number of carbonyl (C=O) groups is 1. The lowest BCUT2D eigenvalue weighted by molar-refractivity contribution is 0.0925. The number of rotatable bonds is 3. The number of aromatic nitrogens is 1. The molecule has 1 aliphatic carbocycles. The van der Waals surface area contributed by atoms with Gasteiger partial charge in [0.2, 0.25) is 5.22 Å².